The van der Waals surface area contributed by atoms with Crippen molar-refractivity contribution in [3.8, 4) is 17.2 Å². The number of nitrogens with zero attached hydrogens (tertiary/aromatic N) is 4. The molecule has 4 rings (SSSR count). The number of benzene rings is 1. The van der Waals surface area contributed by atoms with Crippen molar-refractivity contribution in [3.63, 3.8) is 0 Å². The number of imidazole rings is 1. The van der Waals surface area contributed by atoms with Gasteiger partial charge in [0, 0.05) is 70.2 Å². The summed E-state index contributed by atoms with van der Waals surface area (Å²) in [6.45, 7) is 7.29. The minimum atomic E-state index is 0.688. The van der Waals surface area contributed by atoms with Crippen molar-refractivity contribution in [1.29, 1.82) is 0 Å². The Balaban J connectivity index is 1.38. The number of hydrogen-bond donors (Lipinski definition) is 0. The largest absolute Gasteiger partial charge is 0.496 e. The zero-order valence-corrected chi connectivity index (χ0v) is 16.2. The third kappa shape index (κ3) is 4.20. The van der Waals surface area contributed by atoms with Gasteiger partial charge in [0.25, 0.3) is 0 Å². The molecular weight excluding hydrogens is 344 g/mol. The summed E-state index contributed by atoms with van der Waals surface area (Å²) in [4.78, 5) is 9.36. The third-order valence-electron chi connectivity index (χ3n) is 5.30. The maximum absolute atomic E-state index is 5.85. The van der Waals surface area contributed by atoms with Crippen molar-refractivity contribution >= 4 is 0 Å². The van der Waals surface area contributed by atoms with E-state index in [2.05, 4.69) is 32.5 Å². The topological polar surface area (TPSA) is 52.0 Å². The van der Waals surface area contributed by atoms with E-state index in [1.165, 1.54) is 0 Å². The Morgan fingerprint density at radius 3 is 2.30 bits per heavy atom. The van der Waals surface area contributed by atoms with Gasteiger partial charge in [-0.1, -0.05) is 0 Å². The van der Waals surface area contributed by atoms with Gasteiger partial charge >= 0.3 is 0 Å². The fourth-order valence-corrected chi connectivity index (χ4v) is 3.64. The number of aryl methyl sites for hydroxylation is 1. The van der Waals surface area contributed by atoms with Crippen LogP contribution in [0.25, 0.3) is 0 Å². The van der Waals surface area contributed by atoms with E-state index < -0.39 is 0 Å². The van der Waals surface area contributed by atoms with Crippen LogP contribution < -0.4 is 14.2 Å². The summed E-state index contributed by atoms with van der Waals surface area (Å²) in [5.41, 5.74) is 1.15. The second-order valence-electron chi connectivity index (χ2n) is 7.17. The van der Waals surface area contributed by atoms with E-state index in [0.29, 0.717) is 13.2 Å². The van der Waals surface area contributed by atoms with Gasteiger partial charge in [0.15, 0.2) is 11.5 Å². The number of hydrogen-bond acceptors (Lipinski definition) is 6. The van der Waals surface area contributed by atoms with Gasteiger partial charge in [0.1, 0.15) is 11.6 Å². The molecular formula is C20H28N4O3. The molecule has 0 spiro atoms. The van der Waals surface area contributed by atoms with E-state index in [0.717, 1.165) is 74.3 Å². The van der Waals surface area contributed by atoms with Crippen LogP contribution in [0.1, 0.15) is 17.8 Å². The molecule has 146 valence electrons. The molecule has 2 aliphatic rings. The van der Waals surface area contributed by atoms with Crippen LogP contribution in [0.4, 0.5) is 0 Å². The summed E-state index contributed by atoms with van der Waals surface area (Å²) in [7, 11) is 3.77. The molecule has 0 N–H and O–H groups in total. The summed E-state index contributed by atoms with van der Waals surface area (Å²) in [5.74, 6) is 3.60. The molecule has 0 aliphatic carbocycles. The predicted molar refractivity (Wildman–Crippen MR) is 102 cm³/mol. The Labute approximate surface area is 160 Å². The van der Waals surface area contributed by atoms with Gasteiger partial charge in [-0.25, -0.2) is 4.98 Å². The number of piperazine rings is 1. The lowest BCUT2D eigenvalue weighted by Crippen LogP contribution is -2.45. The molecule has 0 atom stereocenters. The SMILES string of the molecule is COc1cc2c(cc1CN1CCN(Cc3nccn3C)CC1)OCCCO2. The molecule has 1 aromatic carbocycles. The molecule has 3 heterocycles. The van der Waals surface area contributed by atoms with Gasteiger partial charge < -0.3 is 18.8 Å². The second kappa shape index (κ2) is 8.19. The molecule has 0 bridgehead atoms. The quantitative estimate of drug-likeness (QED) is 0.799. The van der Waals surface area contributed by atoms with Crippen LogP contribution in [0, 0.1) is 0 Å². The van der Waals surface area contributed by atoms with Gasteiger partial charge in [-0.3, -0.25) is 9.80 Å². The Kier molecular flexibility index (Phi) is 5.50. The summed E-state index contributed by atoms with van der Waals surface area (Å²) in [5, 5.41) is 0. The average Bonchev–Trinajstić information content (AvgIpc) is 2.95. The zero-order valence-electron chi connectivity index (χ0n) is 16.2. The lowest BCUT2D eigenvalue weighted by Gasteiger charge is -2.34. The van der Waals surface area contributed by atoms with Crippen LogP contribution in [0.5, 0.6) is 17.2 Å². The molecule has 2 aromatic rings. The number of fused-ring (bicyclic) bond motifs is 1. The van der Waals surface area contributed by atoms with E-state index in [4.69, 9.17) is 14.2 Å². The van der Waals surface area contributed by atoms with Crippen LogP contribution >= 0.6 is 0 Å². The first kappa shape index (κ1) is 18.1. The lowest BCUT2D eigenvalue weighted by atomic mass is 10.1. The molecule has 0 saturated carbocycles. The first-order valence-electron chi connectivity index (χ1n) is 9.60. The average molecular weight is 372 g/mol. The summed E-state index contributed by atoms with van der Waals surface area (Å²) in [6, 6.07) is 4.05. The molecule has 1 saturated heterocycles. The predicted octanol–water partition coefficient (Wildman–Crippen LogP) is 1.91. The van der Waals surface area contributed by atoms with E-state index in [9.17, 15) is 0 Å². The molecule has 7 heteroatoms. The van der Waals surface area contributed by atoms with Crippen molar-refractivity contribution < 1.29 is 14.2 Å². The van der Waals surface area contributed by atoms with E-state index in [1.807, 2.05) is 18.5 Å². The minimum absolute atomic E-state index is 0.688. The highest BCUT2D eigenvalue weighted by Crippen LogP contribution is 2.37. The number of rotatable bonds is 5. The molecule has 1 aromatic heterocycles. The highest BCUT2D eigenvalue weighted by Gasteiger charge is 2.21. The molecule has 0 amide bonds. The van der Waals surface area contributed by atoms with E-state index >= 15 is 0 Å². The maximum Gasteiger partial charge on any atom is 0.164 e. The Hall–Kier alpha value is -2.25. The van der Waals surface area contributed by atoms with Crippen molar-refractivity contribution in [3.05, 3.63) is 35.9 Å². The van der Waals surface area contributed by atoms with Gasteiger partial charge in [0.05, 0.1) is 26.9 Å². The minimum Gasteiger partial charge on any atom is -0.496 e. The van der Waals surface area contributed by atoms with Crippen molar-refractivity contribution in [2.45, 2.75) is 19.5 Å². The fourth-order valence-electron chi connectivity index (χ4n) is 3.64. The third-order valence-corrected chi connectivity index (χ3v) is 5.30. The first-order valence-corrected chi connectivity index (χ1v) is 9.60. The van der Waals surface area contributed by atoms with Crippen molar-refractivity contribution in [2.75, 3.05) is 46.5 Å². The van der Waals surface area contributed by atoms with Gasteiger partial charge in [-0.2, -0.15) is 0 Å². The standard InChI is InChI=1S/C20H28N4O3/c1-22-5-4-21-20(22)15-24-8-6-23(7-9-24)14-16-12-18-19(13-17(16)25-2)27-11-3-10-26-18/h4-5,12-13H,3,6-11,14-15H2,1-2H3. The molecule has 27 heavy (non-hydrogen) atoms. The number of aromatic nitrogens is 2. The normalized spacial score (nSPS) is 18.3. The smallest absolute Gasteiger partial charge is 0.164 e. The van der Waals surface area contributed by atoms with E-state index in [1.54, 1.807) is 7.11 Å². The highest BCUT2D eigenvalue weighted by atomic mass is 16.5. The monoisotopic (exact) mass is 372 g/mol. The van der Waals surface area contributed by atoms with Crippen LogP contribution in [-0.4, -0.2) is 65.9 Å². The van der Waals surface area contributed by atoms with Crippen molar-refractivity contribution in [2.24, 2.45) is 7.05 Å². The van der Waals surface area contributed by atoms with E-state index in [-0.39, 0.29) is 0 Å². The number of methoxy groups -OCH3 is 1. The summed E-state index contributed by atoms with van der Waals surface area (Å²) < 4.78 is 19.3. The number of ether oxygens (including phenoxy) is 3. The van der Waals surface area contributed by atoms with Crippen LogP contribution in [0.15, 0.2) is 24.5 Å². The van der Waals surface area contributed by atoms with Gasteiger partial charge in [-0.15, -0.1) is 0 Å². The fraction of sp³-hybridized carbons (Fsp3) is 0.550. The Morgan fingerprint density at radius 1 is 1.00 bits per heavy atom. The first-order chi connectivity index (χ1) is 13.2. The Bertz CT molecular complexity index is 769. The van der Waals surface area contributed by atoms with Crippen molar-refractivity contribution in [1.82, 2.24) is 19.4 Å². The summed E-state index contributed by atoms with van der Waals surface area (Å²) in [6.07, 6.45) is 4.77. The molecule has 2 aliphatic heterocycles. The van der Waals surface area contributed by atoms with Crippen LogP contribution in [0.3, 0.4) is 0 Å². The molecule has 0 radical (unpaired) electrons. The van der Waals surface area contributed by atoms with Crippen LogP contribution in [-0.2, 0) is 20.1 Å². The lowest BCUT2D eigenvalue weighted by molar-refractivity contribution is 0.118. The molecule has 0 unspecified atom stereocenters. The highest BCUT2D eigenvalue weighted by molar-refractivity contribution is 5.51. The molecule has 1 fully saturated rings. The second-order valence-corrected chi connectivity index (χ2v) is 7.17. The Morgan fingerprint density at radius 2 is 1.67 bits per heavy atom. The summed E-state index contributed by atoms with van der Waals surface area (Å²) >= 11 is 0. The van der Waals surface area contributed by atoms with Gasteiger partial charge in [0.2, 0.25) is 0 Å². The molecule has 7 nitrogen and oxygen atoms in total. The maximum atomic E-state index is 5.85. The van der Waals surface area contributed by atoms with Gasteiger partial charge in [-0.05, 0) is 6.07 Å². The van der Waals surface area contributed by atoms with Crippen LogP contribution in [0.2, 0.25) is 0 Å². The zero-order chi connectivity index (χ0) is 18.6.